The van der Waals surface area contributed by atoms with Crippen molar-refractivity contribution in [1.29, 1.82) is 0 Å². The zero-order valence-corrected chi connectivity index (χ0v) is 21.1. The molecule has 0 aliphatic carbocycles. The molecule has 3 atom stereocenters. The van der Waals surface area contributed by atoms with Crippen LogP contribution < -0.4 is 9.47 Å². The number of benzene rings is 1. The summed E-state index contributed by atoms with van der Waals surface area (Å²) in [5.74, 6) is 2.76. The van der Waals surface area contributed by atoms with Crippen LogP contribution in [0.25, 0.3) is 0 Å². The van der Waals surface area contributed by atoms with Crippen molar-refractivity contribution >= 4 is 28.8 Å². The Balaban J connectivity index is 0.000000238. The van der Waals surface area contributed by atoms with E-state index in [0.29, 0.717) is 18.1 Å². The third-order valence-corrected chi connectivity index (χ3v) is 9.05. The first-order valence-corrected chi connectivity index (χ1v) is 14.1. The molecule has 0 radical (unpaired) electrons. The number of hydrogen-bond acceptors (Lipinski definition) is 5. The maximum atomic E-state index is 12.3. The number of ether oxygens (including phenoxy) is 2. The van der Waals surface area contributed by atoms with Crippen LogP contribution in [0.2, 0.25) is 0 Å². The fourth-order valence-corrected chi connectivity index (χ4v) is 6.45. The van der Waals surface area contributed by atoms with Gasteiger partial charge in [-0.2, -0.15) is 0 Å². The molecule has 0 saturated carbocycles. The minimum Gasteiger partial charge on any atom is -0.616 e. The molecule has 7 heteroatoms. The molecule has 0 N–H and O–H groups in total. The normalized spacial score (nSPS) is 20.7. The van der Waals surface area contributed by atoms with E-state index in [1.807, 2.05) is 23.1 Å². The second-order valence-corrected chi connectivity index (χ2v) is 12.0. The topological polar surface area (TPSA) is 61.8 Å². The zero-order chi connectivity index (χ0) is 22.9. The van der Waals surface area contributed by atoms with Crippen LogP contribution in [0.3, 0.4) is 0 Å². The van der Waals surface area contributed by atoms with Crippen molar-refractivity contribution in [3.63, 3.8) is 0 Å². The molecule has 32 heavy (non-hydrogen) atoms. The number of carbonyl (C=O) groups is 1. The number of amides is 1. The van der Waals surface area contributed by atoms with Gasteiger partial charge in [0.25, 0.3) is 0 Å². The molecule has 1 aromatic carbocycles. The molecule has 1 amide bonds. The van der Waals surface area contributed by atoms with Crippen molar-refractivity contribution in [3.8, 4) is 11.5 Å². The van der Waals surface area contributed by atoms with E-state index in [0.717, 1.165) is 49.5 Å². The molecule has 2 saturated heterocycles. The van der Waals surface area contributed by atoms with Gasteiger partial charge in [0.15, 0.2) is 11.5 Å². The number of thioether (sulfide) groups is 1. The molecule has 0 bridgehead atoms. The van der Waals surface area contributed by atoms with E-state index in [1.54, 1.807) is 11.8 Å². The first-order valence-electron chi connectivity index (χ1n) is 11.9. The van der Waals surface area contributed by atoms with Gasteiger partial charge in [-0.15, -0.1) is 11.8 Å². The molecule has 2 fully saturated rings. The average Bonchev–Trinajstić information content (AvgIpc) is 3.24. The summed E-state index contributed by atoms with van der Waals surface area (Å²) in [4.78, 5) is 14.0. The SMILES string of the molecule is C=C1CCN2C(=O)C[C@H]2S1.CCCCCCCC[S+]([O-])C(C)Cc1ccc2c(c1)OCO2. The Labute approximate surface area is 200 Å². The lowest BCUT2D eigenvalue weighted by atomic mass is 10.1. The quantitative estimate of drug-likeness (QED) is 0.246. The Hall–Kier alpha value is -1.31. The monoisotopic (exact) mass is 479 g/mol. The molecule has 3 heterocycles. The van der Waals surface area contributed by atoms with Crippen LogP contribution in [0.1, 0.15) is 70.8 Å². The van der Waals surface area contributed by atoms with Crippen molar-refractivity contribution in [2.45, 2.75) is 82.3 Å². The predicted octanol–water partition coefficient (Wildman–Crippen LogP) is 5.65. The van der Waals surface area contributed by atoms with Crippen molar-refractivity contribution in [1.82, 2.24) is 4.90 Å². The second kappa shape index (κ2) is 12.8. The van der Waals surface area contributed by atoms with Gasteiger partial charge in [0.2, 0.25) is 12.7 Å². The van der Waals surface area contributed by atoms with Crippen molar-refractivity contribution in [3.05, 3.63) is 35.2 Å². The Morgan fingerprint density at radius 2 is 1.97 bits per heavy atom. The van der Waals surface area contributed by atoms with Crippen LogP contribution in [0.4, 0.5) is 0 Å². The Bertz CT molecular complexity index is 766. The number of β-lactam (4-membered cyclic amide) rings is 1. The standard InChI is InChI=1S/C18H28O3S.C7H9NOS/c1-3-4-5-6-7-8-11-22(19)15(2)12-16-9-10-17-18(13-16)21-14-20-17;1-5-2-3-8-6(9)4-7(8)10-5/h9-10,13,15H,3-8,11-12,14H2,1-2H3;7H,1-4H2/t;7-/m.1/s1. The maximum Gasteiger partial charge on any atom is 0.231 e. The van der Waals surface area contributed by atoms with Crippen LogP contribution in [0, 0.1) is 0 Å². The first kappa shape index (κ1) is 25.3. The molecule has 178 valence electrons. The van der Waals surface area contributed by atoms with E-state index >= 15 is 0 Å². The molecule has 5 nitrogen and oxygen atoms in total. The summed E-state index contributed by atoms with van der Waals surface area (Å²) in [6, 6.07) is 6.01. The van der Waals surface area contributed by atoms with Gasteiger partial charge in [-0.05, 0) is 48.8 Å². The van der Waals surface area contributed by atoms with Crippen LogP contribution >= 0.6 is 11.8 Å². The molecular formula is C25H37NO4S2. The molecule has 4 rings (SSSR count). The largest absolute Gasteiger partial charge is 0.616 e. The summed E-state index contributed by atoms with van der Waals surface area (Å²) in [6.45, 7) is 9.40. The Kier molecular flexibility index (Phi) is 10.1. The van der Waals surface area contributed by atoms with Crippen molar-refractivity contribution in [2.75, 3.05) is 19.1 Å². The molecular weight excluding hydrogens is 442 g/mol. The minimum atomic E-state index is -0.743. The highest BCUT2D eigenvalue weighted by molar-refractivity contribution is 8.03. The lowest BCUT2D eigenvalue weighted by Gasteiger charge is -2.43. The summed E-state index contributed by atoms with van der Waals surface area (Å²) in [5, 5.41) is 0.629. The van der Waals surface area contributed by atoms with Crippen LogP contribution in [-0.2, 0) is 22.4 Å². The number of hydrogen-bond donors (Lipinski definition) is 0. The summed E-state index contributed by atoms with van der Waals surface area (Å²) >= 11 is 1.01. The Morgan fingerprint density at radius 1 is 1.22 bits per heavy atom. The first-order chi connectivity index (χ1) is 15.5. The highest BCUT2D eigenvalue weighted by Gasteiger charge is 2.39. The third kappa shape index (κ3) is 7.35. The maximum absolute atomic E-state index is 12.3. The van der Waals surface area contributed by atoms with Gasteiger partial charge in [0.1, 0.15) is 11.0 Å². The molecule has 3 aliphatic rings. The highest BCUT2D eigenvalue weighted by atomic mass is 32.2. The minimum absolute atomic E-state index is 0.191. The van der Waals surface area contributed by atoms with E-state index in [9.17, 15) is 9.35 Å². The molecule has 1 aromatic rings. The molecule has 0 aromatic heterocycles. The average molecular weight is 480 g/mol. The summed E-state index contributed by atoms with van der Waals surface area (Å²) in [6.07, 6.45) is 10.0. The van der Waals surface area contributed by atoms with Gasteiger partial charge in [0.05, 0.1) is 11.8 Å². The van der Waals surface area contributed by atoms with Gasteiger partial charge >= 0.3 is 0 Å². The lowest BCUT2D eigenvalue weighted by Crippen LogP contribution is -2.52. The summed E-state index contributed by atoms with van der Waals surface area (Å²) < 4.78 is 23.0. The van der Waals surface area contributed by atoms with Gasteiger partial charge in [0, 0.05) is 13.0 Å². The number of fused-ring (bicyclic) bond motifs is 2. The third-order valence-electron chi connectivity index (χ3n) is 6.06. The van der Waals surface area contributed by atoms with Gasteiger partial charge in [-0.25, -0.2) is 0 Å². The number of rotatable bonds is 10. The van der Waals surface area contributed by atoms with E-state index in [1.165, 1.54) is 42.6 Å². The van der Waals surface area contributed by atoms with E-state index in [4.69, 9.17) is 9.47 Å². The molecule has 0 spiro atoms. The van der Waals surface area contributed by atoms with Gasteiger partial charge < -0.3 is 18.9 Å². The van der Waals surface area contributed by atoms with E-state index in [2.05, 4.69) is 20.4 Å². The fraction of sp³-hybridized carbons (Fsp3) is 0.640. The van der Waals surface area contributed by atoms with E-state index < -0.39 is 11.2 Å². The van der Waals surface area contributed by atoms with Crippen LogP contribution in [0.15, 0.2) is 29.7 Å². The van der Waals surface area contributed by atoms with Crippen LogP contribution in [0.5, 0.6) is 11.5 Å². The van der Waals surface area contributed by atoms with Gasteiger partial charge in [-0.1, -0.05) is 56.4 Å². The smallest absolute Gasteiger partial charge is 0.231 e. The molecule has 2 unspecified atom stereocenters. The second-order valence-electron chi connectivity index (χ2n) is 8.71. The summed E-state index contributed by atoms with van der Waals surface area (Å²) in [5.41, 5.74) is 1.17. The summed E-state index contributed by atoms with van der Waals surface area (Å²) in [7, 11) is 0. The predicted molar refractivity (Wildman–Crippen MR) is 134 cm³/mol. The fourth-order valence-electron chi connectivity index (χ4n) is 4.01. The number of unbranched alkanes of at least 4 members (excludes halogenated alkanes) is 5. The van der Waals surface area contributed by atoms with Crippen molar-refractivity contribution in [2.24, 2.45) is 0 Å². The lowest BCUT2D eigenvalue weighted by molar-refractivity contribution is -0.141. The van der Waals surface area contributed by atoms with Gasteiger partial charge in [-0.3, -0.25) is 4.79 Å². The molecule has 3 aliphatic heterocycles. The van der Waals surface area contributed by atoms with Crippen LogP contribution in [-0.4, -0.2) is 45.1 Å². The Morgan fingerprint density at radius 3 is 2.72 bits per heavy atom. The zero-order valence-electron chi connectivity index (χ0n) is 19.5. The number of nitrogens with zero attached hydrogens (tertiary/aromatic N) is 1. The van der Waals surface area contributed by atoms with Crippen molar-refractivity contribution < 1.29 is 18.8 Å². The number of carbonyl (C=O) groups excluding carboxylic acids is 1. The van der Waals surface area contributed by atoms with E-state index in [-0.39, 0.29) is 5.25 Å². The highest BCUT2D eigenvalue weighted by Crippen LogP contribution is 2.39.